The number of rotatable bonds is 4. The second-order valence-electron chi connectivity index (χ2n) is 5.82. The predicted molar refractivity (Wildman–Crippen MR) is 105 cm³/mol. The van der Waals surface area contributed by atoms with Gasteiger partial charge in [0.2, 0.25) is 5.95 Å². The van der Waals surface area contributed by atoms with Crippen molar-refractivity contribution in [2.45, 2.75) is 13.0 Å². The third-order valence-electron chi connectivity index (χ3n) is 3.91. The van der Waals surface area contributed by atoms with Crippen molar-refractivity contribution in [1.82, 2.24) is 14.9 Å². The number of anilines is 1. The number of nitrogens with two attached hydrogens (primary N) is 1. The first-order valence-electron chi connectivity index (χ1n) is 7.85. The van der Waals surface area contributed by atoms with Crippen LogP contribution >= 0.6 is 27.7 Å². The molecular formula is C17H14BrFN4O4S. The van der Waals surface area contributed by atoms with E-state index in [0.717, 1.165) is 16.7 Å². The van der Waals surface area contributed by atoms with Gasteiger partial charge in [-0.2, -0.15) is 0 Å². The Morgan fingerprint density at radius 3 is 2.61 bits per heavy atom. The summed E-state index contributed by atoms with van der Waals surface area (Å²) < 4.78 is 20.1. The number of amides is 2. The minimum absolute atomic E-state index is 0.0660. The van der Waals surface area contributed by atoms with Gasteiger partial charge in [-0.1, -0.05) is 0 Å². The molecule has 0 saturated carbocycles. The topological polar surface area (TPSA) is 119 Å². The van der Waals surface area contributed by atoms with Crippen molar-refractivity contribution in [3.63, 3.8) is 0 Å². The van der Waals surface area contributed by atoms with Crippen LogP contribution in [0.3, 0.4) is 0 Å². The van der Waals surface area contributed by atoms with Gasteiger partial charge in [-0.05, 0) is 52.3 Å². The molecule has 8 nitrogen and oxygen atoms in total. The average Bonchev–Trinajstić information content (AvgIpc) is 2.91. The Hall–Kier alpha value is -2.66. The molecule has 2 aromatic rings. The summed E-state index contributed by atoms with van der Waals surface area (Å²) >= 11 is 3.79. The van der Waals surface area contributed by atoms with Crippen LogP contribution in [0.1, 0.15) is 24.2 Å². The lowest BCUT2D eigenvalue weighted by molar-refractivity contribution is -0.121. The van der Waals surface area contributed by atoms with Crippen molar-refractivity contribution >= 4 is 50.9 Å². The van der Waals surface area contributed by atoms with Crippen LogP contribution in [0.5, 0.6) is 11.5 Å². The van der Waals surface area contributed by atoms with Crippen LogP contribution in [-0.4, -0.2) is 38.2 Å². The molecule has 3 rings (SSSR count). The molecule has 1 aromatic heterocycles. The molecule has 2 heterocycles. The lowest BCUT2D eigenvalue weighted by atomic mass is 10.1. The number of halogens is 2. The van der Waals surface area contributed by atoms with Gasteiger partial charge in [-0.15, -0.1) is 0 Å². The summed E-state index contributed by atoms with van der Waals surface area (Å²) in [4.78, 5) is 32.5. The highest BCUT2D eigenvalue weighted by molar-refractivity contribution is 9.10. The molecule has 1 aromatic carbocycles. The number of ether oxygens (including phenoxy) is 1. The lowest BCUT2D eigenvalue weighted by Gasteiger charge is -2.17. The van der Waals surface area contributed by atoms with Crippen molar-refractivity contribution < 1.29 is 23.8 Å². The summed E-state index contributed by atoms with van der Waals surface area (Å²) in [7, 11) is 1.36. The van der Waals surface area contributed by atoms with E-state index in [0.29, 0.717) is 5.56 Å². The summed E-state index contributed by atoms with van der Waals surface area (Å²) in [5.74, 6) is -2.20. The van der Waals surface area contributed by atoms with Crippen molar-refractivity contribution in [1.29, 1.82) is 0 Å². The number of hydrogen-bond acceptors (Lipinski definition) is 8. The SMILES string of the molecule is CC(Oc1cc(/C=C2\SC(=O)N(C)C2=O)c(Br)c(F)c1O)c1cnc(N)nc1. The first kappa shape index (κ1) is 20.1. The van der Waals surface area contributed by atoms with Gasteiger partial charge >= 0.3 is 0 Å². The molecular weight excluding hydrogens is 455 g/mol. The molecule has 3 N–H and O–H groups in total. The van der Waals surface area contributed by atoms with Gasteiger partial charge in [-0.25, -0.2) is 14.4 Å². The number of likely N-dealkylation sites (N-methyl/N-ethyl adjacent to an activating group) is 1. The quantitative estimate of drug-likeness (QED) is 0.654. The molecule has 1 aliphatic rings. The summed E-state index contributed by atoms with van der Waals surface area (Å²) in [6, 6.07) is 1.36. The van der Waals surface area contributed by atoms with Crippen LogP contribution in [0, 0.1) is 5.82 Å². The number of nitrogen functional groups attached to an aromatic ring is 1. The zero-order valence-corrected chi connectivity index (χ0v) is 17.0. The molecule has 1 aliphatic heterocycles. The number of phenols is 1. The molecule has 28 heavy (non-hydrogen) atoms. The number of hydrogen-bond donors (Lipinski definition) is 2. The van der Waals surface area contributed by atoms with E-state index in [2.05, 4.69) is 25.9 Å². The van der Waals surface area contributed by atoms with Crippen LogP contribution in [0.25, 0.3) is 6.08 Å². The third-order valence-corrected chi connectivity index (χ3v) is 5.68. The van der Waals surface area contributed by atoms with Crippen LogP contribution in [-0.2, 0) is 4.79 Å². The Balaban J connectivity index is 1.96. The molecule has 0 aliphatic carbocycles. The maximum atomic E-state index is 14.5. The van der Waals surface area contributed by atoms with E-state index in [1.165, 1.54) is 31.6 Å². The second-order valence-corrected chi connectivity index (χ2v) is 7.60. The van der Waals surface area contributed by atoms with Crippen LogP contribution in [0.15, 0.2) is 27.8 Å². The van der Waals surface area contributed by atoms with E-state index in [1.807, 2.05) is 0 Å². The second kappa shape index (κ2) is 7.76. The Labute approximate surface area is 171 Å². The third kappa shape index (κ3) is 3.80. The molecule has 2 amide bonds. The van der Waals surface area contributed by atoms with Gasteiger partial charge in [0, 0.05) is 25.0 Å². The molecule has 1 atom stereocenters. The molecule has 0 bridgehead atoms. The minimum atomic E-state index is -0.958. The number of imide groups is 1. The lowest BCUT2D eigenvalue weighted by Crippen LogP contribution is -2.22. The summed E-state index contributed by atoms with van der Waals surface area (Å²) in [5, 5.41) is 9.67. The maximum absolute atomic E-state index is 14.5. The van der Waals surface area contributed by atoms with Crippen LogP contribution in [0.2, 0.25) is 0 Å². The van der Waals surface area contributed by atoms with Crippen LogP contribution < -0.4 is 10.5 Å². The minimum Gasteiger partial charge on any atom is -0.502 e. The standard InChI is InChI=1S/C17H14BrFN4O4S/c1-7(9-5-21-16(20)22-6-9)27-10-3-8(12(18)13(19)14(10)24)4-11-15(25)23(2)17(26)28-11/h3-7,24H,1-2H3,(H2,20,21,22)/b11-4-. The zero-order valence-electron chi connectivity index (χ0n) is 14.6. The summed E-state index contributed by atoms with van der Waals surface area (Å²) in [6.07, 6.45) is 3.64. The Morgan fingerprint density at radius 2 is 2.04 bits per heavy atom. The van der Waals surface area contributed by atoms with E-state index in [-0.39, 0.29) is 26.6 Å². The molecule has 1 unspecified atom stereocenters. The molecule has 11 heteroatoms. The van der Waals surface area contributed by atoms with Gasteiger partial charge in [-0.3, -0.25) is 14.5 Å². The number of thioether (sulfide) groups is 1. The molecule has 146 valence electrons. The Kier molecular flexibility index (Phi) is 5.57. The molecule has 0 spiro atoms. The number of carbonyl (C=O) groups excluding carboxylic acids is 2. The van der Waals surface area contributed by atoms with Gasteiger partial charge in [0.1, 0.15) is 6.10 Å². The van der Waals surface area contributed by atoms with Crippen molar-refractivity contribution in [3.8, 4) is 11.5 Å². The highest BCUT2D eigenvalue weighted by Gasteiger charge is 2.32. The summed E-state index contributed by atoms with van der Waals surface area (Å²) in [6.45, 7) is 1.66. The van der Waals surface area contributed by atoms with E-state index in [1.54, 1.807) is 6.92 Å². The van der Waals surface area contributed by atoms with Gasteiger partial charge in [0.25, 0.3) is 11.1 Å². The van der Waals surface area contributed by atoms with Crippen molar-refractivity contribution in [2.75, 3.05) is 12.8 Å². The van der Waals surface area contributed by atoms with Gasteiger partial charge < -0.3 is 15.6 Å². The number of benzene rings is 1. The zero-order chi connectivity index (χ0) is 20.6. The van der Waals surface area contributed by atoms with E-state index in [4.69, 9.17) is 10.5 Å². The largest absolute Gasteiger partial charge is 0.502 e. The normalized spacial score (nSPS) is 16.7. The monoisotopic (exact) mass is 468 g/mol. The smallest absolute Gasteiger partial charge is 0.293 e. The highest BCUT2D eigenvalue weighted by Crippen LogP contribution is 2.41. The number of aromatic nitrogens is 2. The fraction of sp³-hybridized carbons (Fsp3) is 0.176. The van der Waals surface area contributed by atoms with Crippen molar-refractivity contribution in [3.05, 3.63) is 44.8 Å². The number of aromatic hydroxyl groups is 1. The maximum Gasteiger partial charge on any atom is 0.293 e. The van der Waals surface area contributed by atoms with E-state index >= 15 is 0 Å². The molecule has 0 radical (unpaired) electrons. The number of phenolic OH excluding ortho intramolecular Hbond substituents is 1. The fourth-order valence-corrected chi connectivity index (χ4v) is 3.54. The highest BCUT2D eigenvalue weighted by atomic mass is 79.9. The van der Waals surface area contributed by atoms with Crippen LogP contribution in [0.4, 0.5) is 15.1 Å². The fourth-order valence-electron chi connectivity index (χ4n) is 2.31. The first-order chi connectivity index (χ1) is 13.2. The first-order valence-corrected chi connectivity index (χ1v) is 9.46. The van der Waals surface area contributed by atoms with Gasteiger partial charge in [0.05, 0.1) is 9.38 Å². The predicted octanol–water partition coefficient (Wildman–Crippen LogP) is 3.47. The van der Waals surface area contributed by atoms with E-state index < -0.39 is 28.8 Å². The molecule has 1 fully saturated rings. The average molecular weight is 469 g/mol. The number of carbonyl (C=O) groups is 2. The molecule has 1 saturated heterocycles. The van der Waals surface area contributed by atoms with E-state index in [9.17, 15) is 19.1 Å². The van der Waals surface area contributed by atoms with Crippen molar-refractivity contribution in [2.24, 2.45) is 0 Å². The Morgan fingerprint density at radius 1 is 1.39 bits per heavy atom. The Bertz CT molecular complexity index is 1000. The number of nitrogens with zero attached hydrogens (tertiary/aromatic N) is 3. The summed E-state index contributed by atoms with van der Waals surface area (Å²) in [5.41, 5.74) is 6.23. The van der Waals surface area contributed by atoms with Gasteiger partial charge in [0.15, 0.2) is 17.3 Å².